The molecule has 2 aromatic heterocycles. The Hall–Kier alpha value is -2.54. The number of fused-ring (bicyclic) bond motifs is 2. The van der Waals surface area contributed by atoms with Gasteiger partial charge in [-0.3, -0.25) is 9.59 Å². The molecule has 0 radical (unpaired) electrons. The molecule has 5 rings (SSSR count). The van der Waals surface area contributed by atoms with Crippen LogP contribution >= 0.6 is 11.8 Å². The van der Waals surface area contributed by atoms with Crippen LogP contribution in [-0.4, -0.2) is 43.9 Å². The van der Waals surface area contributed by atoms with Crippen LogP contribution in [0.15, 0.2) is 41.3 Å². The summed E-state index contributed by atoms with van der Waals surface area (Å²) in [4.78, 5) is 30.7. The molecule has 1 saturated heterocycles. The molecule has 0 aliphatic carbocycles. The van der Waals surface area contributed by atoms with E-state index >= 15 is 0 Å². The van der Waals surface area contributed by atoms with Crippen molar-refractivity contribution >= 4 is 28.6 Å². The van der Waals surface area contributed by atoms with Crippen molar-refractivity contribution in [2.75, 3.05) is 12.3 Å². The molecule has 2 aliphatic heterocycles. The fourth-order valence-electron chi connectivity index (χ4n) is 4.22. The predicted molar refractivity (Wildman–Crippen MR) is 111 cm³/mol. The summed E-state index contributed by atoms with van der Waals surface area (Å²) >= 11 is 1.84. The smallest absolute Gasteiger partial charge is 0.267 e. The lowest BCUT2D eigenvalue weighted by Crippen LogP contribution is -2.41. The van der Waals surface area contributed by atoms with Crippen LogP contribution in [0.5, 0.6) is 0 Å². The lowest BCUT2D eigenvalue weighted by atomic mass is 10.1. The summed E-state index contributed by atoms with van der Waals surface area (Å²) < 4.78 is 1.57. The SMILES string of the molecule is O=C(c1ccc2cc[nH]c2c1)N1CCCC1Cn1nc2c(cc1=O)CSCC2. The minimum absolute atomic E-state index is 0.00746. The zero-order valence-electron chi connectivity index (χ0n) is 15.6. The summed E-state index contributed by atoms with van der Waals surface area (Å²) in [5.41, 5.74) is 3.69. The molecule has 4 heterocycles. The van der Waals surface area contributed by atoms with Gasteiger partial charge in [-0.15, -0.1) is 0 Å². The molecule has 3 aromatic rings. The maximum absolute atomic E-state index is 13.1. The molecule has 0 saturated carbocycles. The third-order valence-corrected chi connectivity index (χ3v) is 6.74. The standard InChI is InChI=1S/C21H22N4O2S/c26-20-11-16-13-28-9-6-18(16)23-25(20)12-17-2-1-8-24(17)21(27)15-4-3-14-5-7-22-19(14)10-15/h3-5,7,10-11,17,22H,1-2,6,8-9,12-13H2. The molecular formula is C21H22N4O2S. The molecule has 2 aliphatic rings. The van der Waals surface area contributed by atoms with Crippen LogP contribution in [0.4, 0.5) is 0 Å². The van der Waals surface area contributed by atoms with E-state index in [9.17, 15) is 9.59 Å². The van der Waals surface area contributed by atoms with E-state index in [4.69, 9.17) is 0 Å². The zero-order valence-corrected chi connectivity index (χ0v) is 16.4. The first-order valence-electron chi connectivity index (χ1n) is 9.75. The second-order valence-electron chi connectivity index (χ2n) is 7.51. The van der Waals surface area contributed by atoms with Crippen molar-refractivity contribution < 1.29 is 4.79 Å². The Labute approximate surface area is 166 Å². The maximum atomic E-state index is 13.1. The second kappa shape index (κ2) is 7.13. The fourth-order valence-corrected chi connectivity index (χ4v) is 5.17. The number of thioether (sulfide) groups is 1. The van der Waals surface area contributed by atoms with E-state index in [-0.39, 0.29) is 17.5 Å². The topological polar surface area (TPSA) is 71.0 Å². The Kier molecular flexibility index (Phi) is 4.47. The average molecular weight is 395 g/mol. The Morgan fingerprint density at radius 2 is 2.21 bits per heavy atom. The van der Waals surface area contributed by atoms with Crippen LogP contribution in [0.25, 0.3) is 10.9 Å². The van der Waals surface area contributed by atoms with Gasteiger partial charge in [-0.25, -0.2) is 4.68 Å². The molecular weight excluding hydrogens is 372 g/mol. The predicted octanol–water partition coefficient (Wildman–Crippen LogP) is 2.82. The van der Waals surface area contributed by atoms with Crippen molar-refractivity contribution in [3.8, 4) is 0 Å². The van der Waals surface area contributed by atoms with Crippen molar-refractivity contribution in [1.82, 2.24) is 19.7 Å². The van der Waals surface area contributed by atoms with Gasteiger partial charge in [-0.2, -0.15) is 16.9 Å². The zero-order chi connectivity index (χ0) is 19.1. The first-order chi connectivity index (χ1) is 13.7. The van der Waals surface area contributed by atoms with Gasteiger partial charge in [0.25, 0.3) is 11.5 Å². The number of H-pyrrole nitrogens is 1. The number of hydrogen-bond acceptors (Lipinski definition) is 4. The van der Waals surface area contributed by atoms with Crippen LogP contribution in [0.1, 0.15) is 34.5 Å². The highest BCUT2D eigenvalue weighted by Crippen LogP contribution is 2.24. The van der Waals surface area contributed by atoms with Gasteiger partial charge in [-0.1, -0.05) is 6.07 Å². The summed E-state index contributed by atoms with van der Waals surface area (Å²) in [6.45, 7) is 1.19. The molecule has 6 nitrogen and oxygen atoms in total. The minimum Gasteiger partial charge on any atom is -0.361 e. The number of aromatic amines is 1. The third-order valence-electron chi connectivity index (χ3n) is 5.73. The highest BCUT2D eigenvalue weighted by molar-refractivity contribution is 7.98. The summed E-state index contributed by atoms with van der Waals surface area (Å²) in [6.07, 6.45) is 4.64. The maximum Gasteiger partial charge on any atom is 0.267 e. The van der Waals surface area contributed by atoms with Crippen molar-refractivity contribution in [3.63, 3.8) is 0 Å². The van der Waals surface area contributed by atoms with E-state index in [1.807, 2.05) is 47.1 Å². The van der Waals surface area contributed by atoms with E-state index in [1.54, 1.807) is 10.7 Å². The largest absolute Gasteiger partial charge is 0.361 e. The van der Waals surface area contributed by atoms with Gasteiger partial charge in [0.1, 0.15) is 0 Å². The number of likely N-dealkylation sites (tertiary alicyclic amines) is 1. The molecule has 1 amide bonds. The highest BCUT2D eigenvalue weighted by atomic mass is 32.2. The summed E-state index contributed by atoms with van der Waals surface area (Å²) in [7, 11) is 0. The van der Waals surface area contributed by atoms with E-state index < -0.39 is 0 Å². The minimum atomic E-state index is -0.0617. The summed E-state index contributed by atoms with van der Waals surface area (Å²) in [5, 5.41) is 5.72. The number of nitrogens with zero attached hydrogens (tertiary/aromatic N) is 3. The van der Waals surface area contributed by atoms with Gasteiger partial charge in [0.05, 0.1) is 18.3 Å². The van der Waals surface area contributed by atoms with Crippen LogP contribution in [0, 0.1) is 0 Å². The average Bonchev–Trinajstić information content (AvgIpc) is 3.36. The lowest BCUT2D eigenvalue weighted by Gasteiger charge is -2.25. The molecule has 0 bridgehead atoms. The number of aryl methyl sites for hydroxylation is 1. The van der Waals surface area contributed by atoms with Crippen LogP contribution < -0.4 is 5.56 Å². The number of nitrogens with one attached hydrogen (secondary N) is 1. The molecule has 0 spiro atoms. The van der Waals surface area contributed by atoms with Gasteiger partial charge in [0.15, 0.2) is 0 Å². The Morgan fingerprint density at radius 3 is 3.14 bits per heavy atom. The number of hydrogen-bond donors (Lipinski definition) is 1. The number of aromatic nitrogens is 3. The highest BCUT2D eigenvalue weighted by Gasteiger charge is 2.30. The molecule has 1 unspecified atom stereocenters. The van der Waals surface area contributed by atoms with Crippen LogP contribution in [0.3, 0.4) is 0 Å². The fraction of sp³-hybridized carbons (Fsp3) is 0.381. The van der Waals surface area contributed by atoms with Gasteiger partial charge in [-0.05, 0) is 47.7 Å². The number of benzene rings is 1. The van der Waals surface area contributed by atoms with Gasteiger partial charge < -0.3 is 9.88 Å². The van der Waals surface area contributed by atoms with Gasteiger partial charge in [0, 0.05) is 42.1 Å². The Morgan fingerprint density at radius 1 is 1.29 bits per heavy atom. The van der Waals surface area contributed by atoms with Crippen LogP contribution in [-0.2, 0) is 18.7 Å². The number of amides is 1. The van der Waals surface area contributed by atoms with Gasteiger partial charge >= 0.3 is 0 Å². The Bertz CT molecular complexity index is 1100. The molecule has 1 N–H and O–H groups in total. The second-order valence-corrected chi connectivity index (χ2v) is 8.62. The molecule has 1 fully saturated rings. The summed E-state index contributed by atoms with van der Waals surface area (Å²) in [6, 6.07) is 9.50. The summed E-state index contributed by atoms with van der Waals surface area (Å²) in [5.74, 6) is 1.95. The molecule has 1 aromatic carbocycles. The van der Waals surface area contributed by atoms with E-state index in [2.05, 4.69) is 10.1 Å². The van der Waals surface area contributed by atoms with E-state index in [0.29, 0.717) is 12.1 Å². The van der Waals surface area contributed by atoms with E-state index in [1.165, 1.54) is 0 Å². The lowest BCUT2D eigenvalue weighted by molar-refractivity contribution is 0.0720. The van der Waals surface area contributed by atoms with Gasteiger partial charge in [0.2, 0.25) is 0 Å². The quantitative estimate of drug-likeness (QED) is 0.742. The first kappa shape index (κ1) is 17.6. The normalized spacial score (nSPS) is 19.1. The first-order valence-corrected chi connectivity index (χ1v) is 10.9. The van der Waals surface area contributed by atoms with Crippen LogP contribution in [0.2, 0.25) is 0 Å². The monoisotopic (exact) mass is 394 g/mol. The molecule has 28 heavy (non-hydrogen) atoms. The molecule has 7 heteroatoms. The molecule has 1 atom stereocenters. The van der Waals surface area contributed by atoms with Crippen molar-refractivity contribution in [2.45, 2.75) is 37.6 Å². The Balaban J connectivity index is 1.39. The number of carbonyl (C=O) groups is 1. The third kappa shape index (κ3) is 3.13. The van der Waals surface area contributed by atoms with Crippen molar-refractivity contribution in [1.29, 1.82) is 0 Å². The van der Waals surface area contributed by atoms with E-state index in [0.717, 1.165) is 59.5 Å². The number of carbonyl (C=O) groups excluding carboxylic acids is 1. The number of rotatable bonds is 3. The van der Waals surface area contributed by atoms with Crippen molar-refractivity contribution in [3.05, 3.63) is 63.7 Å². The van der Waals surface area contributed by atoms with Crippen molar-refractivity contribution in [2.24, 2.45) is 0 Å². The molecule has 144 valence electrons.